The number of hydrogen-bond donors (Lipinski definition) is 0. The summed E-state index contributed by atoms with van der Waals surface area (Å²) in [6.07, 6.45) is 0. The number of furan rings is 2. The van der Waals surface area contributed by atoms with E-state index in [1.807, 2.05) is 12.1 Å². The van der Waals surface area contributed by atoms with E-state index in [0.717, 1.165) is 89.1 Å². The molecule has 2 aromatic heterocycles. The summed E-state index contributed by atoms with van der Waals surface area (Å²) in [5.41, 5.74) is 14.9. The van der Waals surface area contributed by atoms with Gasteiger partial charge in [-0.2, -0.15) is 0 Å². The molecule has 0 aliphatic carbocycles. The lowest BCUT2D eigenvalue weighted by Crippen LogP contribution is -2.56. The minimum absolute atomic E-state index is 0.861. The molecule has 3 heterocycles. The Morgan fingerprint density at radius 2 is 0.890 bits per heavy atom. The highest BCUT2D eigenvalue weighted by Gasteiger charge is 2.37. The van der Waals surface area contributed by atoms with Crippen LogP contribution in [0.4, 0.5) is 34.1 Å². The van der Waals surface area contributed by atoms with Crippen LogP contribution in [0.3, 0.4) is 0 Å². The number of fused-ring (bicyclic) bond motifs is 12. The smallest absolute Gasteiger partial charge is 0.159 e. The highest BCUT2D eigenvalue weighted by Crippen LogP contribution is 2.50. The van der Waals surface area contributed by atoms with Gasteiger partial charge in [-0.05, 0) is 127 Å². The van der Waals surface area contributed by atoms with Gasteiger partial charge >= 0.3 is 0 Å². The van der Waals surface area contributed by atoms with E-state index >= 15 is 0 Å². The van der Waals surface area contributed by atoms with Crippen LogP contribution in [0.1, 0.15) is 0 Å². The van der Waals surface area contributed by atoms with Gasteiger partial charge in [0.25, 0.3) is 0 Å². The Morgan fingerprint density at radius 3 is 1.71 bits per heavy atom. The summed E-state index contributed by atoms with van der Waals surface area (Å²) in [7, 11) is -2.36. The Morgan fingerprint density at radius 1 is 0.301 bits per heavy atom. The van der Waals surface area contributed by atoms with Gasteiger partial charge in [0.05, 0.1) is 17.1 Å². The lowest BCUT2D eigenvalue weighted by Gasteiger charge is -2.36. The molecular formula is C68H46N2O2Si. The van der Waals surface area contributed by atoms with E-state index in [4.69, 9.17) is 8.83 Å². The first-order valence-electron chi connectivity index (χ1n) is 25.2. The normalized spacial score (nSPS) is 12.9. The van der Waals surface area contributed by atoms with E-state index in [0.29, 0.717) is 0 Å². The minimum Gasteiger partial charge on any atom is -0.456 e. The Hall–Kier alpha value is -9.16. The zero-order chi connectivity index (χ0) is 48.4. The summed E-state index contributed by atoms with van der Waals surface area (Å²) in [6, 6.07) is 88.5. The number of rotatable bonds is 7. The second-order valence-corrected chi connectivity index (χ2v) is 24.3. The molecule has 344 valence electrons. The molecule has 5 heteroatoms. The van der Waals surface area contributed by atoms with Crippen LogP contribution in [0.15, 0.2) is 251 Å². The van der Waals surface area contributed by atoms with Crippen molar-refractivity contribution in [2.75, 3.05) is 9.80 Å². The van der Waals surface area contributed by atoms with Gasteiger partial charge < -0.3 is 18.6 Å². The van der Waals surface area contributed by atoms with Crippen molar-refractivity contribution < 1.29 is 8.83 Å². The van der Waals surface area contributed by atoms with Crippen molar-refractivity contribution in [1.82, 2.24) is 0 Å². The highest BCUT2D eigenvalue weighted by atomic mass is 28.3. The maximum Gasteiger partial charge on any atom is 0.159 e. The van der Waals surface area contributed by atoms with Gasteiger partial charge in [-0.15, -0.1) is 0 Å². The summed E-state index contributed by atoms with van der Waals surface area (Å²) < 4.78 is 13.3. The summed E-state index contributed by atoms with van der Waals surface area (Å²) >= 11 is 0. The molecule has 0 N–H and O–H groups in total. The van der Waals surface area contributed by atoms with Crippen molar-refractivity contribution in [2.45, 2.75) is 13.1 Å². The van der Waals surface area contributed by atoms with Crippen LogP contribution in [0, 0.1) is 0 Å². The molecule has 73 heavy (non-hydrogen) atoms. The van der Waals surface area contributed by atoms with Gasteiger partial charge in [0, 0.05) is 55.6 Å². The quantitative estimate of drug-likeness (QED) is 0.118. The van der Waals surface area contributed by atoms with Crippen LogP contribution in [-0.2, 0) is 0 Å². The second-order valence-electron chi connectivity index (χ2n) is 20.0. The van der Waals surface area contributed by atoms with E-state index in [-0.39, 0.29) is 0 Å². The first-order valence-corrected chi connectivity index (χ1v) is 28.2. The number of para-hydroxylation sites is 5. The van der Waals surface area contributed by atoms with E-state index in [1.165, 1.54) is 53.8 Å². The zero-order valence-electron chi connectivity index (χ0n) is 40.3. The molecule has 0 saturated heterocycles. The van der Waals surface area contributed by atoms with E-state index in [2.05, 4.69) is 253 Å². The SMILES string of the molecule is C[Si]1(C)c2cc(N(c3ccccc3)c3cccc4c3oc3ccccc34)ccc2-c2cc3c4ccccc4c(N(c4ccc5c(c4)oc4ccccc45)c4ccccc4-c4ccccc4)cc3c3cccc1c23. The summed E-state index contributed by atoms with van der Waals surface area (Å²) in [5, 5.41) is 14.8. The molecule has 0 unspecified atom stereocenters. The van der Waals surface area contributed by atoms with Crippen molar-refractivity contribution in [3.63, 3.8) is 0 Å². The molecule has 0 spiro atoms. The Bertz CT molecular complexity index is 4550. The van der Waals surface area contributed by atoms with Crippen molar-refractivity contribution in [3.8, 4) is 22.3 Å². The van der Waals surface area contributed by atoms with Crippen LogP contribution in [-0.4, -0.2) is 8.07 Å². The van der Waals surface area contributed by atoms with Crippen molar-refractivity contribution >= 4 is 129 Å². The third kappa shape index (κ3) is 6.25. The highest BCUT2D eigenvalue weighted by molar-refractivity contribution is 7.03. The molecule has 4 nitrogen and oxygen atoms in total. The standard InChI is InChI=1S/C68H46N2O2Si/c1-73(2)65-34-18-28-54-57-42-61(70(59-30-14-11-23-47(59)43-19-5-3-6-20-43)45-35-37-52-50-26-12-15-32-62(50)71-64(52)39-45)49-25-10-9-24-48(49)56(57)41-58(67(54)65)53-38-36-46(40-66(53)73)69(44-21-7-4-8-22-44)60-31-17-29-55-51-27-13-16-33-63(51)72-68(55)60/h3-42H,1-2H3. The fourth-order valence-corrected chi connectivity index (χ4v) is 15.3. The fraction of sp³-hybridized carbons (Fsp3) is 0.0294. The van der Waals surface area contributed by atoms with E-state index in [1.54, 1.807) is 0 Å². The maximum atomic E-state index is 6.71. The van der Waals surface area contributed by atoms with Gasteiger partial charge in [0.2, 0.25) is 0 Å². The molecule has 1 aliphatic rings. The molecule has 0 amide bonds. The molecule has 14 aromatic rings. The molecule has 0 atom stereocenters. The summed E-state index contributed by atoms with van der Waals surface area (Å²) in [5.74, 6) is 0. The molecule has 0 bridgehead atoms. The Labute approximate surface area is 423 Å². The lowest BCUT2D eigenvalue weighted by atomic mass is 9.89. The summed E-state index contributed by atoms with van der Waals surface area (Å²) in [4.78, 5) is 4.85. The van der Waals surface area contributed by atoms with Crippen LogP contribution in [0.5, 0.6) is 0 Å². The molecule has 1 aliphatic heterocycles. The van der Waals surface area contributed by atoms with Crippen LogP contribution >= 0.6 is 0 Å². The minimum atomic E-state index is -2.36. The Balaban J connectivity index is 0.967. The van der Waals surface area contributed by atoms with Crippen molar-refractivity contribution in [3.05, 3.63) is 243 Å². The van der Waals surface area contributed by atoms with Crippen molar-refractivity contribution in [1.29, 1.82) is 0 Å². The average molecular weight is 951 g/mol. The number of nitrogens with zero attached hydrogens (tertiary/aromatic N) is 2. The molecular weight excluding hydrogens is 905 g/mol. The third-order valence-electron chi connectivity index (χ3n) is 15.6. The zero-order valence-corrected chi connectivity index (χ0v) is 41.3. The Kier molecular flexibility index (Phi) is 9.08. The third-order valence-corrected chi connectivity index (χ3v) is 19.1. The fourth-order valence-electron chi connectivity index (χ4n) is 12.2. The predicted octanol–water partition coefficient (Wildman–Crippen LogP) is 18.4. The van der Waals surface area contributed by atoms with Crippen LogP contribution in [0.2, 0.25) is 13.1 Å². The monoisotopic (exact) mass is 950 g/mol. The van der Waals surface area contributed by atoms with Crippen LogP contribution in [0.25, 0.3) is 98.4 Å². The summed E-state index contributed by atoms with van der Waals surface area (Å²) in [6.45, 7) is 5.07. The van der Waals surface area contributed by atoms with E-state index < -0.39 is 8.07 Å². The number of anilines is 6. The lowest BCUT2D eigenvalue weighted by molar-refractivity contribution is 0.668. The molecule has 0 fully saturated rings. The van der Waals surface area contributed by atoms with Gasteiger partial charge in [-0.25, -0.2) is 0 Å². The average Bonchev–Trinajstić information content (AvgIpc) is 4.04. The topological polar surface area (TPSA) is 32.8 Å². The molecule has 12 aromatic carbocycles. The molecule has 0 saturated carbocycles. The van der Waals surface area contributed by atoms with Gasteiger partial charge in [0.15, 0.2) is 5.58 Å². The van der Waals surface area contributed by atoms with Crippen LogP contribution < -0.4 is 20.2 Å². The van der Waals surface area contributed by atoms with Gasteiger partial charge in [-0.1, -0.05) is 177 Å². The molecule has 15 rings (SSSR count). The number of benzene rings is 12. The largest absolute Gasteiger partial charge is 0.456 e. The first kappa shape index (κ1) is 41.6. The maximum absolute atomic E-state index is 6.71. The van der Waals surface area contributed by atoms with Gasteiger partial charge in [0.1, 0.15) is 24.8 Å². The van der Waals surface area contributed by atoms with Gasteiger partial charge in [-0.3, -0.25) is 0 Å². The van der Waals surface area contributed by atoms with E-state index in [9.17, 15) is 0 Å². The number of hydrogen-bond acceptors (Lipinski definition) is 4. The first-order chi connectivity index (χ1) is 36.0. The van der Waals surface area contributed by atoms with Crippen molar-refractivity contribution in [2.24, 2.45) is 0 Å². The second kappa shape index (κ2) is 15.9. The molecule has 0 radical (unpaired) electrons. The predicted molar refractivity (Wildman–Crippen MR) is 311 cm³/mol.